The van der Waals surface area contributed by atoms with E-state index >= 15 is 0 Å². The number of aryl methyl sites for hydroxylation is 2. The second kappa shape index (κ2) is 5.65. The van der Waals surface area contributed by atoms with Crippen molar-refractivity contribution >= 4 is 29.2 Å². The highest BCUT2D eigenvalue weighted by Crippen LogP contribution is 2.31. The van der Waals surface area contributed by atoms with Crippen molar-refractivity contribution in [2.45, 2.75) is 32.2 Å². The van der Waals surface area contributed by atoms with Crippen LogP contribution in [0, 0.1) is 0 Å². The van der Waals surface area contributed by atoms with Crippen molar-refractivity contribution in [1.29, 1.82) is 0 Å². The maximum absolute atomic E-state index is 12.0. The van der Waals surface area contributed by atoms with Crippen LogP contribution in [0.1, 0.15) is 25.5 Å². The number of nitrogens with one attached hydrogen (secondary N) is 2. The minimum absolute atomic E-state index is 0.0573. The molecular formula is C12H20N4OS. The number of carbonyl (C=O) groups is 1. The van der Waals surface area contributed by atoms with Gasteiger partial charge in [0.15, 0.2) is 0 Å². The fourth-order valence-corrected chi connectivity index (χ4v) is 2.64. The first-order valence-corrected chi connectivity index (χ1v) is 7.69. The van der Waals surface area contributed by atoms with Gasteiger partial charge in [0.2, 0.25) is 5.91 Å². The van der Waals surface area contributed by atoms with Gasteiger partial charge in [-0.05, 0) is 24.9 Å². The van der Waals surface area contributed by atoms with Crippen LogP contribution < -0.4 is 10.6 Å². The van der Waals surface area contributed by atoms with Crippen LogP contribution in [0.2, 0.25) is 0 Å². The zero-order chi connectivity index (χ0) is 13.1. The first-order chi connectivity index (χ1) is 8.67. The van der Waals surface area contributed by atoms with E-state index in [1.807, 2.05) is 11.7 Å². The van der Waals surface area contributed by atoms with Crippen molar-refractivity contribution in [3.63, 3.8) is 0 Å². The Morgan fingerprint density at radius 2 is 2.28 bits per heavy atom. The van der Waals surface area contributed by atoms with Gasteiger partial charge in [-0.1, -0.05) is 13.3 Å². The van der Waals surface area contributed by atoms with Gasteiger partial charge in [0, 0.05) is 7.05 Å². The molecular weight excluding hydrogens is 248 g/mol. The molecule has 1 aromatic heterocycles. The van der Waals surface area contributed by atoms with Gasteiger partial charge in [0.25, 0.3) is 0 Å². The summed E-state index contributed by atoms with van der Waals surface area (Å²) in [7, 11) is 1.91. The van der Waals surface area contributed by atoms with E-state index in [4.69, 9.17) is 0 Å². The summed E-state index contributed by atoms with van der Waals surface area (Å²) in [6.45, 7) is 2.11. The van der Waals surface area contributed by atoms with Crippen LogP contribution in [0.5, 0.6) is 0 Å². The average Bonchev–Trinajstić information content (AvgIpc) is 2.64. The van der Waals surface area contributed by atoms with Crippen LogP contribution in [0.4, 0.5) is 11.5 Å². The number of amides is 1. The Labute approximate surface area is 112 Å². The van der Waals surface area contributed by atoms with E-state index in [9.17, 15) is 4.79 Å². The molecule has 100 valence electrons. The fraction of sp³-hybridized carbons (Fsp3) is 0.667. The van der Waals surface area contributed by atoms with Crippen molar-refractivity contribution in [2.24, 2.45) is 7.05 Å². The molecule has 0 saturated carbocycles. The number of anilines is 2. The third-order valence-electron chi connectivity index (χ3n) is 3.09. The van der Waals surface area contributed by atoms with E-state index < -0.39 is 0 Å². The molecule has 0 spiro atoms. The molecule has 1 aromatic rings. The maximum Gasteiger partial charge on any atom is 0.247 e. The summed E-state index contributed by atoms with van der Waals surface area (Å²) in [6, 6.07) is -0.144. The Kier molecular flexibility index (Phi) is 4.16. The molecule has 0 saturated heterocycles. The number of fused-ring (bicyclic) bond motifs is 1. The predicted molar refractivity (Wildman–Crippen MR) is 76.2 cm³/mol. The molecule has 1 amide bonds. The number of rotatable bonds is 5. The molecule has 1 aliphatic rings. The van der Waals surface area contributed by atoms with Crippen molar-refractivity contribution in [1.82, 2.24) is 9.78 Å². The minimum Gasteiger partial charge on any atom is -0.357 e. The van der Waals surface area contributed by atoms with Crippen LogP contribution >= 0.6 is 11.8 Å². The molecule has 0 bridgehead atoms. The zero-order valence-electron chi connectivity index (χ0n) is 11.1. The summed E-state index contributed by atoms with van der Waals surface area (Å²) in [4.78, 5) is 12.0. The second-order valence-corrected chi connectivity index (χ2v) is 5.50. The van der Waals surface area contributed by atoms with Crippen LogP contribution in [0.15, 0.2) is 0 Å². The third kappa shape index (κ3) is 2.48. The zero-order valence-corrected chi connectivity index (χ0v) is 11.9. The lowest BCUT2D eigenvalue weighted by Crippen LogP contribution is -2.39. The largest absolute Gasteiger partial charge is 0.357 e. The van der Waals surface area contributed by atoms with Crippen molar-refractivity contribution < 1.29 is 4.79 Å². The monoisotopic (exact) mass is 268 g/mol. The SMILES string of the molecule is CCCc1nn(C)c2c1NC(=O)C(CCSC)N2. The maximum atomic E-state index is 12.0. The van der Waals surface area contributed by atoms with Gasteiger partial charge in [0.05, 0.1) is 5.69 Å². The number of nitrogens with zero attached hydrogens (tertiary/aromatic N) is 2. The van der Waals surface area contributed by atoms with E-state index in [1.54, 1.807) is 11.8 Å². The Hall–Kier alpha value is -1.17. The number of thioether (sulfide) groups is 1. The molecule has 18 heavy (non-hydrogen) atoms. The minimum atomic E-state index is -0.144. The number of aromatic nitrogens is 2. The standard InChI is InChI=1S/C12H20N4OS/c1-4-5-8-10-11(16(2)15-8)13-9(6-7-18-3)12(17)14-10/h9,13H,4-7H2,1-3H3,(H,14,17). The van der Waals surface area contributed by atoms with Gasteiger partial charge in [-0.3, -0.25) is 9.48 Å². The van der Waals surface area contributed by atoms with Gasteiger partial charge in [0.1, 0.15) is 17.5 Å². The normalized spacial score (nSPS) is 18.2. The molecule has 0 radical (unpaired) electrons. The summed E-state index contributed by atoms with van der Waals surface area (Å²) >= 11 is 1.75. The highest BCUT2D eigenvalue weighted by atomic mass is 32.2. The van der Waals surface area contributed by atoms with E-state index in [2.05, 4.69) is 28.9 Å². The van der Waals surface area contributed by atoms with Gasteiger partial charge in [-0.15, -0.1) is 0 Å². The second-order valence-electron chi connectivity index (χ2n) is 4.51. The third-order valence-corrected chi connectivity index (χ3v) is 3.74. The van der Waals surface area contributed by atoms with Crippen LogP contribution in [0.25, 0.3) is 0 Å². The molecule has 2 rings (SSSR count). The summed E-state index contributed by atoms with van der Waals surface area (Å²) < 4.78 is 1.83. The van der Waals surface area contributed by atoms with E-state index in [0.717, 1.165) is 42.2 Å². The summed E-state index contributed by atoms with van der Waals surface area (Å²) in [5, 5.41) is 10.8. The summed E-state index contributed by atoms with van der Waals surface area (Å²) in [5.41, 5.74) is 1.84. The van der Waals surface area contributed by atoms with Crippen molar-refractivity contribution in [3.8, 4) is 0 Å². The highest BCUT2D eigenvalue weighted by Gasteiger charge is 2.29. The molecule has 6 heteroatoms. The number of hydrogen-bond donors (Lipinski definition) is 2. The molecule has 2 N–H and O–H groups in total. The fourth-order valence-electron chi connectivity index (χ4n) is 2.17. The van der Waals surface area contributed by atoms with Gasteiger partial charge in [-0.2, -0.15) is 16.9 Å². The Bertz CT molecular complexity index is 444. The molecule has 1 aliphatic heterocycles. The average molecular weight is 268 g/mol. The molecule has 0 aliphatic carbocycles. The molecule has 1 atom stereocenters. The van der Waals surface area contributed by atoms with E-state index in [-0.39, 0.29) is 11.9 Å². The van der Waals surface area contributed by atoms with Crippen LogP contribution in [0.3, 0.4) is 0 Å². The number of hydrogen-bond acceptors (Lipinski definition) is 4. The molecule has 5 nitrogen and oxygen atoms in total. The van der Waals surface area contributed by atoms with Crippen LogP contribution in [-0.2, 0) is 18.3 Å². The first kappa shape index (κ1) is 13.3. The number of carbonyl (C=O) groups excluding carboxylic acids is 1. The molecule has 0 aromatic carbocycles. The highest BCUT2D eigenvalue weighted by molar-refractivity contribution is 7.98. The topological polar surface area (TPSA) is 59.0 Å². The van der Waals surface area contributed by atoms with Gasteiger partial charge >= 0.3 is 0 Å². The molecule has 1 unspecified atom stereocenters. The van der Waals surface area contributed by atoms with Crippen molar-refractivity contribution in [2.75, 3.05) is 22.6 Å². The van der Waals surface area contributed by atoms with Gasteiger partial charge < -0.3 is 10.6 Å². The summed E-state index contributed by atoms with van der Waals surface area (Å²) in [6.07, 6.45) is 4.80. The van der Waals surface area contributed by atoms with Crippen LogP contribution in [-0.4, -0.2) is 33.7 Å². The predicted octanol–water partition coefficient (Wildman–Crippen LogP) is 1.86. The van der Waals surface area contributed by atoms with Gasteiger partial charge in [-0.25, -0.2) is 0 Å². The Balaban J connectivity index is 2.20. The lowest BCUT2D eigenvalue weighted by atomic mass is 10.1. The first-order valence-electron chi connectivity index (χ1n) is 6.29. The lowest BCUT2D eigenvalue weighted by Gasteiger charge is -2.25. The Morgan fingerprint density at radius 1 is 1.50 bits per heavy atom. The molecule has 0 fully saturated rings. The summed E-state index contributed by atoms with van der Waals surface area (Å²) in [5.74, 6) is 1.96. The molecule has 2 heterocycles. The smallest absolute Gasteiger partial charge is 0.247 e. The van der Waals surface area contributed by atoms with E-state index in [0.29, 0.717) is 0 Å². The van der Waals surface area contributed by atoms with Crippen molar-refractivity contribution in [3.05, 3.63) is 5.69 Å². The lowest BCUT2D eigenvalue weighted by molar-refractivity contribution is -0.117. The Morgan fingerprint density at radius 3 is 2.94 bits per heavy atom. The quantitative estimate of drug-likeness (QED) is 0.856. The van der Waals surface area contributed by atoms with E-state index in [1.165, 1.54) is 0 Å².